The summed E-state index contributed by atoms with van der Waals surface area (Å²) in [7, 11) is 0. The minimum absolute atomic E-state index is 0.312. The van der Waals surface area contributed by atoms with Gasteiger partial charge in [0.05, 0.1) is 0 Å². The number of alkyl carbamates (subject to hydrolysis) is 2. The number of rotatable bonds is 19. The molecule has 0 aromatic heterocycles. The summed E-state index contributed by atoms with van der Waals surface area (Å²) in [5, 5.41) is 21.5. The summed E-state index contributed by atoms with van der Waals surface area (Å²) in [5.74, 6) is -0.956. The standard InChI is InChI=1S/C30H59N7O6/c1-10-15-22(34-23(38)29(8,16-11-13-18-31)36-25(40)42-27(2,3)4)35-24(39)30(9,17-12-14-20-33-21-19-32)37-26(41)43-28(5,6)7/h19,22,32-33H,10-18,20-21,31H2,1-9H3,(H,34,38)(H,35,39)(H,36,40)(H,37,41). The van der Waals surface area contributed by atoms with Gasteiger partial charge in [-0.1, -0.05) is 13.3 Å². The molecule has 0 aliphatic heterocycles. The first-order valence-corrected chi connectivity index (χ1v) is 15.3. The zero-order valence-corrected chi connectivity index (χ0v) is 28.0. The molecular weight excluding hydrogens is 554 g/mol. The Hall–Kier alpha value is -2.93. The minimum atomic E-state index is -1.33. The summed E-state index contributed by atoms with van der Waals surface area (Å²) in [4.78, 5) is 52.7. The third-order valence-electron chi connectivity index (χ3n) is 6.40. The number of carbonyl (C=O) groups is 4. The van der Waals surface area contributed by atoms with Gasteiger partial charge in [0.1, 0.15) is 28.4 Å². The van der Waals surface area contributed by atoms with Crippen LogP contribution in [0.4, 0.5) is 9.59 Å². The van der Waals surface area contributed by atoms with Gasteiger partial charge in [-0.2, -0.15) is 0 Å². The van der Waals surface area contributed by atoms with Crippen molar-refractivity contribution in [3.63, 3.8) is 0 Å². The van der Waals surface area contributed by atoms with Crippen LogP contribution < -0.4 is 32.3 Å². The van der Waals surface area contributed by atoms with Crippen LogP contribution in [-0.4, -0.2) is 78.3 Å². The van der Waals surface area contributed by atoms with E-state index in [1.165, 1.54) is 6.21 Å². The van der Waals surface area contributed by atoms with E-state index in [1.54, 1.807) is 55.4 Å². The number of ether oxygens (including phenoxy) is 2. The van der Waals surface area contributed by atoms with Gasteiger partial charge in [-0.15, -0.1) is 0 Å². The fourth-order valence-corrected chi connectivity index (χ4v) is 4.15. The number of carbonyl (C=O) groups excluding carboxylic acids is 4. The molecule has 0 saturated heterocycles. The van der Waals surface area contributed by atoms with Crippen LogP contribution in [0.15, 0.2) is 0 Å². The zero-order valence-electron chi connectivity index (χ0n) is 28.0. The number of unbranched alkanes of at least 4 members (excludes halogenated alkanes) is 2. The van der Waals surface area contributed by atoms with E-state index in [2.05, 4.69) is 26.6 Å². The molecule has 0 bridgehead atoms. The Labute approximate surface area is 258 Å². The second-order valence-electron chi connectivity index (χ2n) is 13.3. The minimum Gasteiger partial charge on any atom is -0.444 e. The van der Waals surface area contributed by atoms with Gasteiger partial charge in [0.25, 0.3) is 0 Å². The molecule has 43 heavy (non-hydrogen) atoms. The molecule has 8 N–H and O–H groups in total. The van der Waals surface area contributed by atoms with Gasteiger partial charge >= 0.3 is 12.2 Å². The van der Waals surface area contributed by atoms with Crippen LogP contribution in [0.1, 0.15) is 114 Å². The van der Waals surface area contributed by atoms with Crippen molar-refractivity contribution in [2.45, 2.75) is 142 Å². The first-order chi connectivity index (χ1) is 19.8. The average molecular weight is 614 g/mol. The Bertz CT molecular complexity index is 902. The van der Waals surface area contributed by atoms with Gasteiger partial charge < -0.3 is 47.2 Å². The fourth-order valence-electron chi connectivity index (χ4n) is 4.15. The number of hydrogen-bond acceptors (Lipinski definition) is 9. The topological polar surface area (TPSA) is 197 Å². The zero-order chi connectivity index (χ0) is 33.3. The van der Waals surface area contributed by atoms with Crippen molar-refractivity contribution >= 4 is 30.2 Å². The third-order valence-corrected chi connectivity index (χ3v) is 6.40. The van der Waals surface area contributed by atoms with E-state index < -0.39 is 52.4 Å². The highest BCUT2D eigenvalue weighted by Gasteiger charge is 2.40. The average Bonchev–Trinajstić information content (AvgIpc) is 2.83. The fraction of sp³-hybridized carbons (Fsp3) is 0.833. The predicted octanol–water partition coefficient (Wildman–Crippen LogP) is 3.45. The lowest BCUT2D eigenvalue weighted by atomic mass is 9.92. The van der Waals surface area contributed by atoms with Gasteiger partial charge in [-0.25, -0.2) is 9.59 Å². The van der Waals surface area contributed by atoms with Crippen molar-refractivity contribution in [3.8, 4) is 0 Å². The summed E-state index contributed by atoms with van der Waals surface area (Å²) in [6.07, 6.45) is 3.32. The van der Waals surface area contributed by atoms with Crippen molar-refractivity contribution in [1.29, 1.82) is 5.41 Å². The summed E-state index contributed by atoms with van der Waals surface area (Å²) in [5.41, 5.74) is 1.49. The second kappa shape index (κ2) is 18.7. The van der Waals surface area contributed by atoms with Crippen molar-refractivity contribution in [2.24, 2.45) is 5.73 Å². The van der Waals surface area contributed by atoms with Gasteiger partial charge in [-0.3, -0.25) is 9.59 Å². The highest BCUT2D eigenvalue weighted by atomic mass is 16.6. The van der Waals surface area contributed by atoms with E-state index in [4.69, 9.17) is 20.6 Å². The molecule has 4 amide bonds. The molecule has 0 fully saturated rings. The molecule has 0 aromatic carbocycles. The number of nitrogens with one attached hydrogen (secondary N) is 6. The third kappa shape index (κ3) is 17.7. The normalized spacial score (nSPS) is 15.2. The molecule has 0 aliphatic rings. The smallest absolute Gasteiger partial charge is 0.408 e. The summed E-state index contributed by atoms with van der Waals surface area (Å²) >= 11 is 0. The molecule has 0 rings (SSSR count). The van der Waals surface area contributed by atoms with Crippen molar-refractivity contribution in [3.05, 3.63) is 0 Å². The molecule has 13 nitrogen and oxygen atoms in total. The van der Waals surface area contributed by atoms with Gasteiger partial charge in [0.15, 0.2) is 0 Å². The summed E-state index contributed by atoms with van der Waals surface area (Å²) in [6.45, 7) is 17.1. The lowest BCUT2D eigenvalue weighted by Crippen LogP contribution is -2.64. The van der Waals surface area contributed by atoms with Crippen LogP contribution in [-0.2, 0) is 19.1 Å². The predicted molar refractivity (Wildman–Crippen MR) is 169 cm³/mol. The Morgan fingerprint density at radius 2 is 1.21 bits per heavy atom. The first kappa shape index (κ1) is 40.1. The SMILES string of the molecule is CCCC(NC(=O)C(C)(CCCCN)NC(=O)OC(C)(C)C)NC(=O)C(C)(CCCCNCC=N)NC(=O)OC(C)(C)C. The molecule has 0 radical (unpaired) electrons. The highest BCUT2D eigenvalue weighted by Crippen LogP contribution is 2.19. The monoisotopic (exact) mass is 613 g/mol. The molecule has 0 spiro atoms. The molecule has 13 heteroatoms. The molecular formula is C30H59N7O6. The summed E-state index contributed by atoms with van der Waals surface area (Å²) < 4.78 is 10.8. The Kier molecular flexibility index (Phi) is 17.4. The van der Waals surface area contributed by atoms with Gasteiger partial charge in [0, 0.05) is 12.8 Å². The molecule has 3 atom stereocenters. The maximum absolute atomic E-state index is 13.7. The van der Waals surface area contributed by atoms with E-state index in [1.807, 2.05) is 6.92 Å². The van der Waals surface area contributed by atoms with E-state index in [0.29, 0.717) is 64.6 Å². The van der Waals surface area contributed by atoms with Gasteiger partial charge in [-0.05, 0) is 113 Å². The van der Waals surface area contributed by atoms with E-state index >= 15 is 0 Å². The van der Waals surface area contributed by atoms with Crippen LogP contribution in [0.25, 0.3) is 0 Å². The van der Waals surface area contributed by atoms with Crippen molar-refractivity contribution < 1.29 is 28.7 Å². The van der Waals surface area contributed by atoms with Gasteiger partial charge in [0.2, 0.25) is 11.8 Å². The second-order valence-corrected chi connectivity index (χ2v) is 13.3. The molecule has 0 aliphatic carbocycles. The van der Waals surface area contributed by atoms with Crippen molar-refractivity contribution in [1.82, 2.24) is 26.6 Å². The molecule has 0 heterocycles. The lowest BCUT2D eigenvalue weighted by molar-refractivity contribution is -0.131. The highest BCUT2D eigenvalue weighted by molar-refractivity contribution is 5.92. The largest absolute Gasteiger partial charge is 0.444 e. The van der Waals surface area contributed by atoms with Crippen molar-refractivity contribution in [2.75, 3.05) is 19.6 Å². The molecule has 3 unspecified atom stereocenters. The van der Waals surface area contributed by atoms with E-state index in [0.717, 1.165) is 6.42 Å². The molecule has 250 valence electrons. The van der Waals surface area contributed by atoms with Crippen LogP contribution in [0, 0.1) is 5.41 Å². The summed E-state index contributed by atoms with van der Waals surface area (Å²) in [6, 6.07) is 0. The van der Waals surface area contributed by atoms with Crippen LogP contribution in [0.2, 0.25) is 0 Å². The Morgan fingerprint density at radius 3 is 1.58 bits per heavy atom. The number of nitrogens with two attached hydrogens (primary N) is 1. The first-order valence-electron chi connectivity index (χ1n) is 15.3. The van der Waals surface area contributed by atoms with E-state index in [9.17, 15) is 19.2 Å². The number of hydrogen-bond donors (Lipinski definition) is 7. The Morgan fingerprint density at radius 1 is 0.767 bits per heavy atom. The number of amides is 4. The van der Waals surface area contributed by atoms with E-state index in [-0.39, 0.29) is 0 Å². The molecule has 0 saturated carbocycles. The maximum atomic E-state index is 13.7. The van der Waals surface area contributed by atoms with Crippen LogP contribution in [0.3, 0.4) is 0 Å². The van der Waals surface area contributed by atoms with Crippen LogP contribution in [0.5, 0.6) is 0 Å². The lowest BCUT2D eigenvalue weighted by Gasteiger charge is -2.35. The Balaban J connectivity index is 5.88. The van der Waals surface area contributed by atoms with Crippen LogP contribution >= 0.6 is 0 Å². The quantitative estimate of drug-likeness (QED) is 0.0653. The molecule has 0 aromatic rings. The maximum Gasteiger partial charge on any atom is 0.408 e.